The average Bonchev–Trinajstić information content (AvgIpc) is 2.66. The highest BCUT2D eigenvalue weighted by molar-refractivity contribution is 5.92. The van der Waals surface area contributed by atoms with Crippen LogP contribution in [-0.4, -0.2) is 38.4 Å². The Morgan fingerprint density at radius 1 is 1.56 bits per heavy atom. The Bertz CT molecular complexity index is 591. The highest BCUT2D eigenvalue weighted by Gasteiger charge is 2.13. The predicted octanol–water partition coefficient (Wildman–Crippen LogP) is 1.03. The molecule has 0 saturated heterocycles. The van der Waals surface area contributed by atoms with Crippen molar-refractivity contribution in [1.82, 2.24) is 9.55 Å². The fourth-order valence-corrected chi connectivity index (χ4v) is 1.62. The molecule has 96 valence electrons. The van der Waals surface area contributed by atoms with Crippen molar-refractivity contribution in [3.8, 4) is 6.01 Å². The molecule has 1 atom stereocenters. The molecule has 0 fully saturated rings. The van der Waals surface area contributed by atoms with Gasteiger partial charge in [0.2, 0.25) is 0 Å². The molecule has 0 aliphatic heterocycles. The Labute approximate surface area is 103 Å². The number of carbonyl (C=O) groups is 1. The van der Waals surface area contributed by atoms with Gasteiger partial charge in [0.15, 0.2) is 0 Å². The number of benzene rings is 1. The third kappa shape index (κ3) is 2.14. The molecule has 0 saturated carbocycles. The number of hydrogen-bond donors (Lipinski definition) is 2. The van der Waals surface area contributed by atoms with Crippen molar-refractivity contribution in [2.45, 2.75) is 13.0 Å². The summed E-state index contributed by atoms with van der Waals surface area (Å²) >= 11 is 0. The first-order valence-electron chi connectivity index (χ1n) is 5.50. The van der Waals surface area contributed by atoms with E-state index in [1.165, 1.54) is 6.07 Å². The average molecular weight is 250 g/mol. The number of aromatic nitrogens is 2. The molecule has 2 rings (SSSR count). The van der Waals surface area contributed by atoms with Crippen LogP contribution < -0.4 is 4.74 Å². The topological polar surface area (TPSA) is 84.6 Å². The van der Waals surface area contributed by atoms with Crippen LogP contribution in [0.15, 0.2) is 18.2 Å². The molecule has 6 heteroatoms. The van der Waals surface area contributed by atoms with Crippen LogP contribution in [0.25, 0.3) is 11.0 Å². The van der Waals surface area contributed by atoms with Crippen LogP contribution in [0, 0.1) is 0 Å². The van der Waals surface area contributed by atoms with Gasteiger partial charge >= 0.3 is 5.97 Å². The van der Waals surface area contributed by atoms with Crippen molar-refractivity contribution >= 4 is 17.0 Å². The first kappa shape index (κ1) is 12.4. The number of aromatic carboxylic acids is 1. The fourth-order valence-electron chi connectivity index (χ4n) is 1.62. The lowest BCUT2D eigenvalue weighted by molar-refractivity contribution is 0.0697. The summed E-state index contributed by atoms with van der Waals surface area (Å²) in [6.07, 6.45) is -0.362. The van der Waals surface area contributed by atoms with Gasteiger partial charge in [0.05, 0.1) is 23.2 Å². The van der Waals surface area contributed by atoms with Crippen molar-refractivity contribution in [1.29, 1.82) is 0 Å². The summed E-state index contributed by atoms with van der Waals surface area (Å²) in [5.41, 5.74) is 1.53. The second-order valence-electron chi connectivity index (χ2n) is 4.07. The van der Waals surface area contributed by atoms with E-state index >= 15 is 0 Å². The second-order valence-corrected chi connectivity index (χ2v) is 4.07. The number of aliphatic hydroxyl groups excluding tert-OH is 1. The van der Waals surface area contributed by atoms with Crippen molar-refractivity contribution in [2.75, 3.05) is 6.61 Å². The maximum absolute atomic E-state index is 10.9. The lowest BCUT2D eigenvalue weighted by Gasteiger charge is -2.10. The van der Waals surface area contributed by atoms with Crippen LogP contribution in [0.5, 0.6) is 6.01 Å². The normalized spacial score (nSPS) is 12.6. The van der Waals surface area contributed by atoms with Crippen molar-refractivity contribution in [3.63, 3.8) is 0 Å². The standard InChI is InChI=1S/C12H14N2O4/c1-7(6-15)18-12-13-9-4-3-8(11(16)17)5-10(9)14(12)2/h3-5,7,15H,6H2,1-2H3,(H,16,17). The van der Waals surface area contributed by atoms with Crippen LogP contribution in [0.2, 0.25) is 0 Å². The minimum absolute atomic E-state index is 0.108. The van der Waals surface area contributed by atoms with Gasteiger partial charge in [-0.25, -0.2) is 4.79 Å². The van der Waals surface area contributed by atoms with E-state index in [1.807, 2.05) is 0 Å². The molecule has 0 amide bonds. The summed E-state index contributed by atoms with van der Waals surface area (Å²) in [6.45, 7) is 1.62. The summed E-state index contributed by atoms with van der Waals surface area (Å²) in [5.74, 6) is -0.982. The van der Waals surface area contributed by atoms with Gasteiger partial charge < -0.3 is 14.9 Å². The minimum atomic E-state index is -0.982. The lowest BCUT2D eigenvalue weighted by Crippen LogP contribution is -2.18. The van der Waals surface area contributed by atoms with E-state index in [1.54, 1.807) is 30.7 Å². The maximum Gasteiger partial charge on any atom is 0.335 e. The Hall–Kier alpha value is -2.08. The van der Waals surface area contributed by atoms with Gasteiger partial charge in [-0.1, -0.05) is 0 Å². The van der Waals surface area contributed by atoms with Gasteiger partial charge in [0.1, 0.15) is 6.10 Å². The van der Waals surface area contributed by atoms with Crippen LogP contribution in [0.3, 0.4) is 0 Å². The summed E-state index contributed by atoms with van der Waals surface area (Å²) < 4.78 is 7.09. The number of carboxylic acids is 1. The first-order chi connectivity index (χ1) is 8.52. The van der Waals surface area contributed by atoms with Gasteiger partial charge in [-0.05, 0) is 25.1 Å². The number of fused-ring (bicyclic) bond motifs is 1. The monoisotopic (exact) mass is 250 g/mol. The number of ether oxygens (including phenoxy) is 1. The molecule has 0 bridgehead atoms. The zero-order valence-corrected chi connectivity index (χ0v) is 10.1. The highest BCUT2D eigenvalue weighted by atomic mass is 16.5. The van der Waals surface area contributed by atoms with Gasteiger partial charge in [-0.3, -0.25) is 4.57 Å². The predicted molar refractivity (Wildman–Crippen MR) is 64.8 cm³/mol. The first-order valence-corrected chi connectivity index (χ1v) is 5.50. The van der Waals surface area contributed by atoms with Crippen LogP contribution in [0.1, 0.15) is 17.3 Å². The van der Waals surface area contributed by atoms with Crippen LogP contribution >= 0.6 is 0 Å². The summed E-state index contributed by atoms with van der Waals surface area (Å²) in [7, 11) is 1.74. The van der Waals surface area contributed by atoms with Crippen LogP contribution in [-0.2, 0) is 7.05 Å². The molecule has 6 nitrogen and oxygen atoms in total. The summed E-state index contributed by atoms with van der Waals surface area (Å²) in [4.78, 5) is 15.1. The Morgan fingerprint density at radius 2 is 2.28 bits per heavy atom. The number of rotatable bonds is 4. The molecule has 2 N–H and O–H groups in total. The van der Waals surface area contributed by atoms with E-state index in [9.17, 15) is 4.79 Å². The fraction of sp³-hybridized carbons (Fsp3) is 0.333. The quantitative estimate of drug-likeness (QED) is 0.846. The van der Waals surface area contributed by atoms with Gasteiger partial charge in [0, 0.05) is 7.05 Å². The zero-order valence-electron chi connectivity index (χ0n) is 10.1. The molecule has 18 heavy (non-hydrogen) atoms. The molecule has 0 aliphatic carbocycles. The molecule has 1 heterocycles. The summed E-state index contributed by atoms with van der Waals surface area (Å²) in [6, 6.07) is 5.03. The molecule has 0 spiro atoms. The molecular weight excluding hydrogens is 236 g/mol. The van der Waals surface area contributed by atoms with Crippen molar-refractivity contribution in [3.05, 3.63) is 23.8 Å². The maximum atomic E-state index is 10.9. The minimum Gasteiger partial charge on any atom is -0.478 e. The van der Waals surface area contributed by atoms with Gasteiger partial charge in [-0.2, -0.15) is 4.98 Å². The van der Waals surface area contributed by atoms with E-state index < -0.39 is 5.97 Å². The Balaban J connectivity index is 2.46. The molecule has 1 aromatic heterocycles. The van der Waals surface area contributed by atoms with Crippen molar-refractivity contribution in [2.24, 2.45) is 7.05 Å². The number of hydrogen-bond acceptors (Lipinski definition) is 4. The van der Waals surface area contributed by atoms with Gasteiger partial charge in [-0.15, -0.1) is 0 Å². The number of carboxylic acid groups (broad SMARTS) is 1. The number of imidazole rings is 1. The Morgan fingerprint density at radius 3 is 2.89 bits per heavy atom. The number of nitrogens with zero attached hydrogens (tertiary/aromatic N) is 2. The van der Waals surface area contributed by atoms with E-state index in [0.29, 0.717) is 17.0 Å². The van der Waals surface area contributed by atoms with E-state index in [2.05, 4.69) is 4.98 Å². The third-order valence-electron chi connectivity index (χ3n) is 2.65. The van der Waals surface area contributed by atoms with E-state index in [-0.39, 0.29) is 18.3 Å². The number of aryl methyl sites for hydroxylation is 1. The zero-order chi connectivity index (χ0) is 13.3. The lowest BCUT2D eigenvalue weighted by atomic mass is 10.2. The van der Waals surface area contributed by atoms with Crippen LogP contribution in [0.4, 0.5) is 0 Å². The molecule has 1 unspecified atom stereocenters. The third-order valence-corrected chi connectivity index (χ3v) is 2.65. The smallest absolute Gasteiger partial charge is 0.335 e. The van der Waals surface area contributed by atoms with Gasteiger partial charge in [0.25, 0.3) is 6.01 Å². The molecule has 1 aromatic carbocycles. The van der Waals surface area contributed by atoms with E-state index in [0.717, 1.165) is 0 Å². The molecule has 2 aromatic rings. The van der Waals surface area contributed by atoms with E-state index in [4.69, 9.17) is 14.9 Å². The summed E-state index contributed by atoms with van der Waals surface area (Å²) in [5, 5.41) is 17.9. The second kappa shape index (κ2) is 4.66. The Kier molecular flexibility index (Phi) is 3.20. The van der Waals surface area contributed by atoms with Crippen molar-refractivity contribution < 1.29 is 19.7 Å². The largest absolute Gasteiger partial charge is 0.478 e. The molecular formula is C12H14N2O4. The molecule has 0 radical (unpaired) electrons. The highest BCUT2D eigenvalue weighted by Crippen LogP contribution is 2.21. The number of aliphatic hydroxyl groups is 1. The molecule has 0 aliphatic rings. The SMILES string of the molecule is CC(CO)Oc1nc2ccc(C(=O)O)cc2n1C.